The van der Waals surface area contributed by atoms with Crippen molar-refractivity contribution in [3.8, 4) is 0 Å². The summed E-state index contributed by atoms with van der Waals surface area (Å²) < 4.78 is 0. The van der Waals surface area contributed by atoms with E-state index in [1.54, 1.807) is 6.92 Å². The van der Waals surface area contributed by atoms with Crippen molar-refractivity contribution in [1.29, 1.82) is 5.41 Å². The summed E-state index contributed by atoms with van der Waals surface area (Å²) in [6.45, 7) is 4.18. The van der Waals surface area contributed by atoms with Gasteiger partial charge < -0.3 is 10.7 Å². The summed E-state index contributed by atoms with van der Waals surface area (Å²) in [5.74, 6) is -0.363. The third-order valence-corrected chi connectivity index (χ3v) is 1.01. The normalized spacial score (nSPS) is 12.2. The Bertz CT molecular complexity index is 112. The molecule has 1 atom stereocenters. The molecule has 1 amide bonds. The smallest absolute Gasteiger partial charge is 0.228 e. The maximum absolute atomic E-state index is 10.7. The van der Waals surface area contributed by atoms with Gasteiger partial charge in [-0.1, -0.05) is 0 Å². The van der Waals surface area contributed by atoms with Gasteiger partial charge in [-0.05, 0) is 13.8 Å². The highest BCUT2D eigenvalue weighted by Gasteiger charge is 2.05. The predicted molar refractivity (Wildman–Crippen MR) is 36.6 cm³/mol. The molecule has 0 rings (SSSR count). The number of rotatable bonds is 3. The summed E-state index contributed by atoms with van der Waals surface area (Å²) in [6.07, 6.45) is 1.13. The topological polar surface area (TPSA) is 53.0 Å². The van der Waals surface area contributed by atoms with Crippen molar-refractivity contribution >= 4 is 12.1 Å². The number of hydrogen-bond acceptors (Lipinski definition) is 2. The van der Waals surface area contributed by atoms with E-state index in [9.17, 15) is 4.79 Å². The fraction of sp³-hybridized carbons (Fsp3) is 0.667. The lowest BCUT2D eigenvalue weighted by molar-refractivity contribution is -0.122. The van der Waals surface area contributed by atoms with E-state index in [-0.39, 0.29) is 11.8 Å². The van der Waals surface area contributed by atoms with Gasteiger partial charge in [0.05, 0.1) is 5.92 Å². The van der Waals surface area contributed by atoms with Crippen LogP contribution >= 0.6 is 0 Å². The summed E-state index contributed by atoms with van der Waals surface area (Å²) in [7, 11) is 0. The minimum atomic E-state index is -0.287. The second-order valence-corrected chi connectivity index (χ2v) is 1.85. The molecule has 0 aromatic carbocycles. The van der Waals surface area contributed by atoms with Gasteiger partial charge in [0.15, 0.2) is 0 Å². The van der Waals surface area contributed by atoms with Crippen LogP contribution in [0.5, 0.6) is 0 Å². The monoisotopic (exact) mass is 128 g/mol. The third kappa shape index (κ3) is 2.85. The largest absolute Gasteiger partial charge is 0.356 e. The zero-order valence-corrected chi connectivity index (χ0v) is 5.77. The molecule has 0 spiro atoms. The molecule has 0 aliphatic heterocycles. The van der Waals surface area contributed by atoms with E-state index in [0.717, 1.165) is 6.21 Å². The Balaban J connectivity index is 3.58. The molecule has 2 N–H and O–H groups in total. The highest BCUT2D eigenvalue weighted by molar-refractivity contribution is 5.91. The van der Waals surface area contributed by atoms with Crippen molar-refractivity contribution in [2.75, 3.05) is 6.54 Å². The summed E-state index contributed by atoms with van der Waals surface area (Å²) in [4.78, 5) is 10.7. The van der Waals surface area contributed by atoms with Gasteiger partial charge in [-0.3, -0.25) is 4.79 Å². The number of carbonyl (C=O) groups is 1. The van der Waals surface area contributed by atoms with Gasteiger partial charge in [0.1, 0.15) is 0 Å². The lowest BCUT2D eigenvalue weighted by Gasteiger charge is -2.02. The van der Waals surface area contributed by atoms with Crippen LogP contribution in [-0.4, -0.2) is 18.7 Å². The zero-order valence-electron chi connectivity index (χ0n) is 5.77. The molecule has 0 saturated heterocycles. The highest BCUT2D eigenvalue weighted by atomic mass is 16.1. The molecule has 0 aliphatic rings. The first kappa shape index (κ1) is 8.14. The Hall–Kier alpha value is -0.860. The van der Waals surface area contributed by atoms with Crippen LogP contribution < -0.4 is 5.32 Å². The van der Waals surface area contributed by atoms with Crippen molar-refractivity contribution in [1.82, 2.24) is 5.32 Å². The number of amides is 1. The Morgan fingerprint density at radius 3 is 2.78 bits per heavy atom. The molecule has 0 heterocycles. The molecule has 0 radical (unpaired) electrons. The number of hydrogen-bond donors (Lipinski definition) is 2. The molecule has 0 aromatic heterocycles. The van der Waals surface area contributed by atoms with Gasteiger partial charge in [-0.2, -0.15) is 0 Å². The first-order valence-corrected chi connectivity index (χ1v) is 3.00. The van der Waals surface area contributed by atoms with Crippen LogP contribution in [0.4, 0.5) is 0 Å². The van der Waals surface area contributed by atoms with E-state index in [4.69, 9.17) is 5.41 Å². The van der Waals surface area contributed by atoms with Gasteiger partial charge in [0, 0.05) is 12.8 Å². The fourth-order valence-corrected chi connectivity index (χ4v) is 0.411. The van der Waals surface area contributed by atoms with Gasteiger partial charge in [-0.25, -0.2) is 0 Å². The summed E-state index contributed by atoms with van der Waals surface area (Å²) >= 11 is 0. The maximum Gasteiger partial charge on any atom is 0.228 e. The molecule has 0 aliphatic carbocycles. The van der Waals surface area contributed by atoms with Crippen molar-refractivity contribution in [2.24, 2.45) is 5.92 Å². The second kappa shape index (κ2) is 4.06. The molecule has 1 unspecified atom stereocenters. The van der Waals surface area contributed by atoms with Crippen LogP contribution in [0.1, 0.15) is 13.8 Å². The van der Waals surface area contributed by atoms with E-state index in [0.29, 0.717) is 6.54 Å². The van der Waals surface area contributed by atoms with Crippen molar-refractivity contribution in [3.63, 3.8) is 0 Å². The van der Waals surface area contributed by atoms with E-state index >= 15 is 0 Å². The molecule has 0 aromatic rings. The average Bonchev–Trinajstić information content (AvgIpc) is 1.87. The highest BCUT2D eigenvalue weighted by Crippen LogP contribution is 1.86. The molecule has 52 valence electrons. The van der Waals surface area contributed by atoms with Gasteiger partial charge >= 0.3 is 0 Å². The molecular weight excluding hydrogens is 116 g/mol. The van der Waals surface area contributed by atoms with E-state index in [1.807, 2.05) is 6.92 Å². The summed E-state index contributed by atoms with van der Waals surface area (Å²) in [6, 6.07) is 0. The van der Waals surface area contributed by atoms with Crippen LogP contribution in [-0.2, 0) is 4.79 Å². The average molecular weight is 128 g/mol. The van der Waals surface area contributed by atoms with E-state index < -0.39 is 0 Å². The lowest BCUT2D eigenvalue weighted by atomic mass is 10.2. The number of carbonyl (C=O) groups excluding carboxylic acids is 1. The molecule has 0 bridgehead atoms. The molecule has 0 fully saturated rings. The maximum atomic E-state index is 10.7. The Kier molecular flexibility index (Phi) is 3.67. The summed E-state index contributed by atoms with van der Waals surface area (Å²) in [5.41, 5.74) is 0. The standard InChI is InChI=1S/C6H12N2O/c1-3-8-6(9)5(2)4-7/h4-5,7H,3H2,1-2H3,(H,8,9). The predicted octanol–water partition coefficient (Wildman–Crippen LogP) is 0.408. The second-order valence-electron chi connectivity index (χ2n) is 1.85. The van der Waals surface area contributed by atoms with E-state index in [1.165, 1.54) is 0 Å². The summed E-state index contributed by atoms with van der Waals surface area (Å²) in [5, 5.41) is 9.34. The number of nitrogens with one attached hydrogen (secondary N) is 2. The van der Waals surface area contributed by atoms with Crippen LogP contribution in [0.2, 0.25) is 0 Å². The van der Waals surface area contributed by atoms with Gasteiger partial charge in [0.2, 0.25) is 5.91 Å². The lowest BCUT2D eigenvalue weighted by Crippen LogP contribution is -2.29. The van der Waals surface area contributed by atoms with Crippen molar-refractivity contribution < 1.29 is 4.79 Å². The fourth-order valence-electron chi connectivity index (χ4n) is 0.411. The zero-order chi connectivity index (χ0) is 7.28. The molecule has 3 nitrogen and oxygen atoms in total. The van der Waals surface area contributed by atoms with Crippen LogP contribution in [0.15, 0.2) is 0 Å². The van der Waals surface area contributed by atoms with Crippen LogP contribution in [0.3, 0.4) is 0 Å². The van der Waals surface area contributed by atoms with Crippen LogP contribution in [0.25, 0.3) is 0 Å². The Morgan fingerprint density at radius 2 is 2.44 bits per heavy atom. The Morgan fingerprint density at radius 1 is 1.89 bits per heavy atom. The molecular formula is C6H12N2O. The molecule has 0 saturated carbocycles. The van der Waals surface area contributed by atoms with Crippen LogP contribution in [0, 0.1) is 11.3 Å². The SMILES string of the molecule is CCNC(=O)C(C)C=N. The quantitative estimate of drug-likeness (QED) is 0.531. The van der Waals surface area contributed by atoms with Gasteiger partial charge in [-0.15, -0.1) is 0 Å². The minimum Gasteiger partial charge on any atom is -0.356 e. The van der Waals surface area contributed by atoms with Crippen molar-refractivity contribution in [2.45, 2.75) is 13.8 Å². The first-order valence-electron chi connectivity index (χ1n) is 3.00. The molecule has 3 heteroatoms. The molecule has 9 heavy (non-hydrogen) atoms. The minimum absolute atomic E-state index is 0.0764. The third-order valence-electron chi connectivity index (χ3n) is 1.01. The Labute approximate surface area is 55.0 Å². The van der Waals surface area contributed by atoms with E-state index in [2.05, 4.69) is 5.32 Å². The van der Waals surface area contributed by atoms with Crippen molar-refractivity contribution in [3.05, 3.63) is 0 Å². The first-order chi connectivity index (χ1) is 4.22. The van der Waals surface area contributed by atoms with Gasteiger partial charge in [0.25, 0.3) is 0 Å².